The van der Waals surface area contributed by atoms with Crippen LogP contribution in [-0.2, 0) is 81.6 Å². The number of unbranched alkanes of at least 4 members (excludes halogenated alkanes) is 2. The molecule has 107 heavy (non-hydrogen) atoms. The average Bonchev–Trinajstić information content (AvgIpc) is 0.832. The third kappa shape index (κ3) is 33.4. The van der Waals surface area contributed by atoms with E-state index in [9.17, 15) is 72.5 Å². The van der Waals surface area contributed by atoms with Crippen molar-refractivity contribution in [1.29, 1.82) is 0 Å². The molecule has 0 unspecified atom stereocenters. The van der Waals surface area contributed by atoms with Crippen molar-refractivity contribution < 1.29 is 72.5 Å². The van der Waals surface area contributed by atoms with E-state index in [-0.39, 0.29) is 102 Å². The van der Waals surface area contributed by atoms with E-state index in [0.717, 1.165) is 10.8 Å². The first-order chi connectivity index (χ1) is 51.0. The van der Waals surface area contributed by atoms with Gasteiger partial charge in [-0.15, -0.1) is 0 Å². The lowest BCUT2D eigenvalue weighted by Gasteiger charge is -2.26. The highest BCUT2D eigenvalue weighted by molar-refractivity contribution is 5.99. The normalized spacial score (nSPS) is 13.7. The molecule has 0 spiro atoms. The molecule has 0 aliphatic rings. The van der Waals surface area contributed by atoms with Gasteiger partial charge in [0, 0.05) is 25.9 Å². The van der Waals surface area contributed by atoms with E-state index in [2.05, 4.69) is 73.8 Å². The third-order valence-electron chi connectivity index (χ3n) is 16.5. The van der Waals surface area contributed by atoms with Crippen molar-refractivity contribution in [1.82, 2.24) is 63.8 Å². The molecule has 4 aromatic rings. The molecule has 10 atom stereocenters. The van der Waals surface area contributed by atoms with E-state index in [1.807, 2.05) is 36.4 Å². The van der Waals surface area contributed by atoms with E-state index in [0.29, 0.717) is 42.5 Å². The van der Waals surface area contributed by atoms with Gasteiger partial charge in [-0.3, -0.25) is 72.3 Å². The maximum Gasteiger partial charge on any atom is 0.245 e. The number of aliphatic hydroxyl groups is 1. The molecular weight excluding hydrogens is 1390 g/mol. The van der Waals surface area contributed by atoms with Crippen molar-refractivity contribution in [3.63, 3.8) is 0 Å². The summed E-state index contributed by atoms with van der Waals surface area (Å²) in [5.74, 6) is -11.7. The van der Waals surface area contributed by atoms with Crippen LogP contribution in [0.2, 0.25) is 0 Å². The van der Waals surface area contributed by atoms with Gasteiger partial charge in [-0.05, 0) is 137 Å². The number of carbonyl (C=O) groups excluding carboxylic acids is 13. The number of amides is 13. The van der Waals surface area contributed by atoms with Crippen molar-refractivity contribution in [2.75, 3.05) is 52.4 Å². The third-order valence-corrected chi connectivity index (χ3v) is 16.5. The Hall–Kier alpha value is -11.6. The lowest BCUT2D eigenvalue weighted by molar-refractivity contribution is -0.136. The number of benzene rings is 4. The Morgan fingerprint density at radius 2 is 0.794 bits per heavy atom. The number of aliphatic imine (C=N–C) groups is 2. The second kappa shape index (κ2) is 47.0. The maximum absolute atomic E-state index is 14.4. The Morgan fingerprint density at radius 1 is 0.383 bits per heavy atom. The van der Waals surface area contributed by atoms with E-state index in [1.165, 1.54) is 26.0 Å². The van der Waals surface area contributed by atoms with Crippen molar-refractivity contribution in [3.05, 3.63) is 114 Å². The van der Waals surface area contributed by atoms with Crippen LogP contribution in [0.15, 0.2) is 107 Å². The zero-order chi connectivity index (χ0) is 79.0. The van der Waals surface area contributed by atoms with E-state index in [4.69, 9.17) is 45.9 Å². The summed E-state index contributed by atoms with van der Waals surface area (Å²) < 4.78 is 0. The Labute approximate surface area is 619 Å². The van der Waals surface area contributed by atoms with Crippen LogP contribution >= 0.6 is 0 Å². The van der Waals surface area contributed by atoms with Crippen LogP contribution in [0.4, 0.5) is 0 Å². The maximum atomic E-state index is 14.4. The Kier molecular flexibility index (Phi) is 38.6. The average molecular weight is 1490 g/mol. The van der Waals surface area contributed by atoms with Gasteiger partial charge in [-0.2, -0.15) is 0 Å². The van der Waals surface area contributed by atoms with Crippen LogP contribution in [0.5, 0.6) is 5.75 Å². The summed E-state index contributed by atoms with van der Waals surface area (Å²) in [5.41, 5.74) is 46.7. The van der Waals surface area contributed by atoms with Gasteiger partial charge in [0.1, 0.15) is 60.1 Å². The van der Waals surface area contributed by atoms with E-state index in [1.54, 1.807) is 48.5 Å². The molecule has 0 saturated carbocycles. The fourth-order valence-corrected chi connectivity index (χ4v) is 10.6. The zero-order valence-electron chi connectivity index (χ0n) is 60.1. The molecule has 13 amide bonds. The van der Waals surface area contributed by atoms with Gasteiger partial charge in [0.15, 0.2) is 11.9 Å². The number of hydrogen-bond donors (Lipinski definition) is 22. The zero-order valence-corrected chi connectivity index (χ0v) is 60.1. The van der Waals surface area contributed by atoms with Crippen LogP contribution in [0.3, 0.4) is 0 Å². The Bertz CT molecular complexity index is 3690. The van der Waals surface area contributed by atoms with Crippen LogP contribution in [0.1, 0.15) is 94.7 Å². The second-order valence-corrected chi connectivity index (χ2v) is 25.3. The summed E-state index contributed by atoms with van der Waals surface area (Å²) in [6.07, 6.45) is 1.65. The van der Waals surface area contributed by atoms with Crippen LogP contribution in [0.25, 0.3) is 10.8 Å². The molecule has 0 aliphatic heterocycles. The summed E-state index contributed by atoms with van der Waals surface area (Å²) in [4.78, 5) is 185. The predicted molar refractivity (Wildman–Crippen MR) is 397 cm³/mol. The van der Waals surface area contributed by atoms with Gasteiger partial charge in [-0.1, -0.05) is 84.9 Å². The Morgan fingerprint density at radius 3 is 1.35 bits per heavy atom. The van der Waals surface area contributed by atoms with Gasteiger partial charge in [-0.25, -0.2) is 0 Å². The number of phenolic OH excluding ortho intramolecular Hbond substituents is 1. The summed E-state index contributed by atoms with van der Waals surface area (Å²) in [7, 11) is 0. The molecule has 37 nitrogen and oxygen atoms in total. The number of aliphatic hydroxyl groups excluding tert-OH is 1. The molecule has 0 fully saturated rings. The fourth-order valence-electron chi connectivity index (χ4n) is 10.6. The highest BCUT2D eigenvalue weighted by atomic mass is 16.3. The molecular formula is C70H104N22O15. The predicted octanol–water partition coefficient (Wildman–Crippen LogP) is -6.50. The minimum absolute atomic E-state index is 0.0209. The summed E-state index contributed by atoms with van der Waals surface area (Å²) in [5, 5.41) is 51.7. The topological polar surface area (TPSA) is 640 Å². The fraction of sp³-hybridized carbons (Fsp3) is 0.471. The molecule has 0 bridgehead atoms. The standard InChI is InChI=1S/C70H104N22O15/c1-40(60(99)88-52(21-13-31-80-70(77)78)65(104)90-50(19-9-11-29-72)66(105)92-55(39-93)68(107)85-41(2)61(100)89-51(20-12-30-79-69(75)76)64(103)87-49(59(74)98)18-8-10-28-71)84-57(96)38-83-63(102)53(35-44-22-25-45-16-6-7-17-46(45)32-44)91-67(106)54(34-42-14-4-3-5-15-42)86-58(97)37-81-56(95)36-82-62(101)48(73)33-43-23-26-47(94)27-24-43/h3-7,14-17,22-27,32,40-41,48-55,93-94H,8-13,18-21,28-31,33-39,71-73H2,1-2H3,(H2,74,98)(H,81,95)(H,82,101)(H,83,102)(H,84,96)(H,85,107)(H,86,97)(H,87,103)(H,88,99)(H,89,100)(H,90,104)(H,91,106)(H,92,105)(H4,75,76,79)(H4,77,78,80)/t40-,41-,48-,49-,50-,51-,52-,53-,54-,55-/m0/s1. The van der Waals surface area contributed by atoms with Gasteiger partial charge in [0.2, 0.25) is 76.8 Å². The quantitative estimate of drug-likeness (QED) is 0.0111. The van der Waals surface area contributed by atoms with Gasteiger partial charge in [0.05, 0.1) is 32.3 Å². The first-order valence-corrected chi connectivity index (χ1v) is 35.0. The molecule has 0 radical (unpaired) electrons. The summed E-state index contributed by atoms with van der Waals surface area (Å²) in [6, 6.07) is 13.8. The number of fused-ring (bicyclic) bond motifs is 1. The van der Waals surface area contributed by atoms with Crippen LogP contribution in [0, 0.1) is 0 Å². The van der Waals surface area contributed by atoms with Crippen molar-refractivity contribution >= 4 is 99.5 Å². The molecule has 4 aromatic carbocycles. The van der Waals surface area contributed by atoms with Gasteiger partial charge < -0.3 is 120 Å². The molecule has 0 aromatic heterocycles. The summed E-state index contributed by atoms with van der Waals surface area (Å²) in [6.45, 7) is 0.150. The number of rotatable bonds is 48. The number of carbonyl (C=O) groups is 13. The number of phenols is 1. The molecule has 584 valence electrons. The molecule has 4 rings (SSSR count). The number of nitrogens with one attached hydrogen (secondary N) is 12. The van der Waals surface area contributed by atoms with Crippen molar-refractivity contribution in [3.8, 4) is 5.75 Å². The van der Waals surface area contributed by atoms with Crippen molar-refractivity contribution in [2.24, 2.45) is 55.9 Å². The number of guanidine groups is 2. The molecule has 30 N–H and O–H groups in total. The highest BCUT2D eigenvalue weighted by Crippen LogP contribution is 2.18. The second-order valence-electron chi connectivity index (χ2n) is 25.3. The minimum atomic E-state index is -1.73. The van der Waals surface area contributed by atoms with Gasteiger partial charge in [0.25, 0.3) is 0 Å². The number of nitrogens with zero attached hydrogens (tertiary/aromatic N) is 2. The first-order valence-electron chi connectivity index (χ1n) is 35.0. The largest absolute Gasteiger partial charge is 0.508 e. The first kappa shape index (κ1) is 87.8. The number of nitrogens with two attached hydrogens (primary N) is 8. The number of hydrogen-bond acceptors (Lipinski definition) is 20. The molecule has 0 saturated heterocycles. The summed E-state index contributed by atoms with van der Waals surface area (Å²) >= 11 is 0. The smallest absolute Gasteiger partial charge is 0.245 e. The van der Waals surface area contributed by atoms with Gasteiger partial charge >= 0.3 is 0 Å². The number of aromatic hydroxyl groups is 1. The SMILES string of the molecule is C[C@H](NC(=O)CNC(=O)[C@H](Cc1ccc2ccccc2c1)NC(=O)[C@H](Cc1ccccc1)NC(=O)CNC(=O)CNC(=O)[C@@H](N)Cc1ccc(O)cc1)C(=O)N[C@@H](CCCN=C(N)N)C(=O)N[C@@H](CCCCN)C(=O)N[C@@H](CO)C(=O)N[C@@H](C)C(=O)N[C@@H](CCCN=C(N)N)C(=O)N[C@@H](CCCCN)C(N)=O. The lowest BCUT2D eigenvalue weighted by Crippen LogP contribution is -2.60. The number of primary amides is 1. The monoisotopic (exact) mass is 1490 g/mol. The van der Waals surface area contributed by atoms with Crippen molar-refractivity contribution in [2.45, 2.75) is 158 Å². The molecule has 0 aliphatic carbocycles. The van der Waals surface area contributed by atoms with E-state index < -0.39 is 163 Å². The Balaban J connectivity index is 1.46. The van der Waals surface area contributed by atoms with E-state index >= 15 is 0 Å². The highest BCUT2D eigenvalue weighted by Gasteiger charge is 2.34. The molecule has 37 heteroatoms. The van der Waals surface area contributed by atoms with Crippen LogP contribution < -0.4 is 110 Å². The minimum Gasteiger partial charge on any atom is -0.508 e. The van der Waals surface area contributed by atoms with Crippen LogP contribution in [-0.4, -0.2) is 212 Å². The molecule has 0 heterocycles. The lowest BCUT2D eigenvalue weighted by atomic mass is 10.00.